The third kappa shape index (κ3) is 2.02. The van der Waals surface area contributed by atoms with Gasteiger partial charge in [-0.1, -0.05) is 31.4 Å². The molecule has 1 rings (SSSR count). The van der Waals surface area contributed by atoms with Crippen LogP contribution in [0.15, 0.2) is 36.4 Å². The van der Waals surface area contributed by atoms with Gasteiger partial charge < -0.3 is 4.98 Å². The van der Waals surface area contributed by atoms with Crippen LogP contribution in [-0.4, -0.2) is 9.97 Å². The van der Waals surface area contributed by atoms with E-state index in [1.807, 2.05) is 0 Å². The minimum atomic E-state index is -0.186. The van der Waals surface area contributed by atoms with Crippen molar-refractivity contribution in [2.75, 3.05) is 0 Å². The Morgan fingerprint density at radius 1 is 1.46 bits per heavy atom. The summed E-state index contributed by atoms with van der Waals surface area (Å²) in [4.78, 5) is 17.7. The molecule has 1 N–H and O–H groups in total. The van der Waals surface area contributed by atoms with Crippen molar-refractivity contribution >= 4 is 12.2 Å². The van der Waals surface area contributed by atoms with Crippen LogP contribution in [0, 0.1) is 0 Å². The monoisotopic (exact) mass is 174 g/mol. The predicted molar refractivity (Wildman–Crippen MR) is 54.2 cm³/mol. The molecule has 1 aromatic rings. The molecule has 0 aliphatic carbocycles. The number of aromatic amines is 1. The molecule has 13 heavy (non-hydrogen) atoms. The fourth-order valence-corrected chi connectivity index (χ4v) is 0.913. The molecule has 0 fully saturated rings. The molecule has 0 bridgehead atoms. The number of hydrogen-bond acceptors (Lipinski definition) is 2. The lowest BCUT2D eigenvalue weighted by Crippen LogP contribution is -2.11. The van der Waals surface area contributed by atoms with E-state index in [9.17, 15) is 4.79 Å². The highest BCUT2D eigenvalue weighted by atomic mass is 16.1. The molecule has 1 aromatic heterocycles. The summed E-state index contributed by atoms with van der Waals surface area (Å²) in [6.45, 7) is 7.07. The molecular weight excluding hydrogens is 164 g/mol. The maximum atomic E-state index is 11.2. The Morgan fingerprint density at radius 2 is 2.23 bits per heavy atom. The second kappa shape index (κ2) is 4.21. The average Bonchev–Trinajstić information content (AvgIpc) is 2.15. The minimum absolute atomic E-state index is 0.186. The van der Waals surface area contributed by atoms with Crippen LogP contribution in [0.1, 0.15) is 11.3 Å². The standard InChI is InChI=1S/C10H10N2O/c1-3-5-6-9-8(4-2)10(13)12-7-11-9/h3-7H,1-2H2,(H,11,12,13)/b6-5-. The number of allylic oxidation sites excluding steroid dienone is 2. The van der Waals surface area contributed by atoms with Crippen molar-refractivity contribution in [3.05, 3.63) is 53.2 Å². The number of nitrogens with one attached hydrogen (secondary N) is 1. The zero-order chi connectivity index (χ0) is 9.68. The van der Waals surface area contributed by atoms with Crippen LogP contribution >= 0.6 is 0 Å². The second-order valence-corrected chi connectivity index (χ2v) is 2.33. The van der Waals surface area contributed by atoms with E-state index in [1.54, 1.807) is 18.2 Å². The Bertz CT molecular complexity index is 402. The van der Waals surface area contributed by atoms with Crippen LogP contribution in [0.3, 0.4) is 0 Å². The van der Waals surface area contributed by atoms with E-state index in [0.29, 0.717) is 11.3 Å². The molecule has 3 heteroatoms. The minimum Gasteiger partial charge on any atom is -0.313 e. The quantitative estimate of drug-likeness (QED) is 0.707. The van der Waals surface area contributed by atoms with Crippen molar-refractivity contribution in [1.82, 2.24) is 9.97 Å². The van der Waals surface area contributed by atoms with Crippen molar-refractivity contribution in [2.24, 2.45) is 0 Å². The van der Waals surface area contributed by atoms with E-state index in [4.69, 9.17) is 0 Å². The first-order valence-corrected chi connectivity index (χ1v) is 3.79. The lowest BCUT2D eigenvalue weighted by atomic mass is 10.2. The van der Waals surface area contributed by atoms with E-state index in [0.717, 1.165) is 0 Å². The highest BCUT2D eigenvalue weighted by Crippen LogP contribution is 2.02. The summed E-state index contributed by atoms with van der Waals surface area (Å²) in [6.07, 6.45) is 7.89. The lowest BCUT2D eigenvalue weighted by Gasteiger charge is -1.95. The van der Waals surface area contributed by atoms with Crippen molar-refractivity contribution < 1.29 is 0 Å². The molecule has 0 aliphatic heterocycles. The first-order valence-electron chi connectivity index (χ1n) is 3.79. The SMILES string of the molecule is C=C/C=C\c1nc[nH]c(=O)c1C=C. The largest absolute Gasteiger partial charge is 0.313 e. The first-order chi connectivity index (χ1) is 6.29. The summed E-state index contributed by atoms with van der Waals surface area (Å²) < 4.78 is 0. The van der Waals surface area contributed by atoms with Gasteiger partial charge in [-0.2, -0.15) is 0 Å². The molecule has 0 amide bonds. The van der Waals surface area contributed by atoms with Crippen LogP contribution in [0.25, 0.3) is 12.2 Å². The van der Waals surface area contributed by atoms with E-state index >= 15 is 0 Å². The first kappa shape index (κ1) is 9.19. The Morgan fingerprint density at radius 3 is 2.85 bits per heavy atom. The van der Waals surface area contributed by atoms with Crippen molar-refractivity contribution in [1.29, 1.82) is 0 Å². The number of nitrogens with zero attached hydrogens (tertiary/aromatic N) is 1. The highest BCUT2D eigenvalue weighted by molar-refractivity contribution is 5.60. The Labute approximate surface area is 76.2 Å². The van der Waals surface area contributed by atoms with Gasteiger partial charge in [-0.3, -0.25) is 4.79 Å². The average molecular weight is 174 g/mol. The van der Waals surface area contributed by atoms with E-state index < -0.39 is 0 Å². The summed E-state index contributed by atoms with van der Waals surface area (Å²) in [5.74, 6) is 0. The van der Waals surface area contributed by atoms with Gasteiger partial charge in [0.15, 0.2) is 0 Å². The van der Waals surface area contributed by atoms with E-state index in [2.05, 4.69) is 23.1 Å². The third-order valence-electron chi connectivity index (χ3n) is 1.51. The summed E-state index contributed by atoms with van der Waals surface area (Å²) in [6, 6.07) is 0. The smallest absolute Gasteiger partial charge is 0.258 e. The lowest BCUT2D eigenvalue weighted by molar-refractivity contribution is 1.09. The fourth-order valence-electron chi connectivity index (χ4n) is 0.913. The maximum absolute atomic E-state index is 11.2. The van der Waals surface area contributed by atoms with Crippen LogP contribution in [0.5, 0.6) is 0 Å². The van der Waals surface area contributed by atoms with E-state index in [-0.39, 0.29) is 5.56 Å². The molecular formula is C10H10N2O. The summed E-state index contributed by atoms with van der Waals surface area (Å²) >= 11 is 0. The zero-order valence-corrected chi connectivity index (χ0v) is 7.16. The van der Waals surface area contributed by atoms with Gasteiger partial charge in [0.05, 0.1) is 17.6 Å². The molecule has 0 saturated heterocycles. The fraction of sp³-hybridized carbons (Fsp3) is 0. The normalized spacial score (nSPS) is 10.2. The highest BCUT2D eigenvalue weighted by Gasteiger charge is 1.99. The van der Waals surface area contributed by atoms with Crippen LogP contribution in [0.2, 0.25) is 0 Å². The van der Waals surface area contributed by atoms with Gasteiger partial charge in [0, 0.05) is 0 Å². The Kier molecular flexibility index (Phi) is 2.97. The Hall–Kier alpha value is -1.90. The maximum Gasteiger partial charge on any atom is 0.258 e. The molecule has 0 spiro atoms. The third-order valence-corrected chi connectivity index (χ3v) is 1.51. The molecule has 0 aromatic carbocycles. The predicted octanol–water partition coefficient (Wildman–Crippen LogP) is 1.61. The van der Waals surface area contributed by atoms with Crippen molar-refractivity contribution in [3.8, 4) is 0 Å². The van der Waals surface area contributed by atoms with Gasteiger partial charge in [0.1, 0.15) is 0 Å². The molecule has 66 valence electrons. The molecule has 0 saturated carbocycles. The summed E-state index contributed by atoms with van der Waals surface area (Å²) in [7, 11) is 0. The van der Waals surface area contributed by atoms with Crippen LogP contribution in [0.4, 0.5) is 0 Å². The zero-order valence-electron chi connectivity index (χ0n) is 7.16. The van der Waals surface area contributed by atoms with Gasteiger partial charge in [-0.15, -0.1) is 0 Å². The summed E-state index contributed by atoms with van der Waals surface area (Å²) in [5, 5.41) is 0. The molecule has 0 radical (unpaired) electrons. The van der Waals surface area contributed by atoms with E-state index in [1.165, 1.54) is 12.4 Å². The molecule has 0 unspecified atom stereocenters. The van der Waals surface area contributed by atoms with Gasteiger partial charge in [0.25, 0.3) is 5.56 Å². The van der Waals surface area contributed by atoms with Gasteiger partial charge >= 0.3 is 0 Å². The van der Waals surface area contributed by atoms with Crippen LogP contribution in [-0.2, 0) is 0 Å². The van der Waals surface area contributed by atoms with Gasteiger partial charge in [0.2, 0.25) is 0 Å². The van der Waals surface area contributed by atoms with Crippen LogP contribution < -0.4 is 5.56 Å². The van der Waals surface area contributed by atoms with Crippen molar-refractivity contribution in [2.45, 2.75) is 0 Å². The van der Waals surface area contributed by atoms with Crippen molar-refractivity contribution in [3.63, 3.8) is 0 Å². The molecule has 0 atom stereocenters. The summed E-state index contributed by atoms with van der Waals surface area (Å²) in [5.41, 5.74) is 0.882. The van der Waals surface area contributed by atoms with Gasteiger partial charge in [-0.25, -0.2) is 4.98 Å². The number of hydrogen-bond donors (Lipinski definition) is 1. The second-order valence-electron chi connectivity index (χ2n) is 2.33. The number of H-pyrrole nitrogens is 1. The molecule has 3 nitrogen and oxygen atoms in total. The Balaban J connectivity index is 3.27. The molecule has 1 heterocycles. The topological polar surface area (TPSA) is 45.8 Å². The number of rotatable bonds is 3. The number of aromatic nitrogens is 2. The van der Waals surface area contributed by atoms with Gasteiger partial charge in [-0.05, 0) is 6.08 Å². The molecule has 0 aliphatic rings.